The molecule has 0 heterocycles. The largest absolute Gasteiger partial charge is 2.00 e. The van der Waals surface area contributed by atoms with Crippen LogP contribution in [0.5, 0.6) is 0 Å². The van der Waals surface area contributed by atoms with E-state index in [1.165, 1.54) is 0 Å². The average molecular weight is 251 g/mol. The van der Waals surface area contributed by atoms with E-state index in [0.717, 1.165) is 20.6 Å². The molecule has 73 valence electrons. The van der Waals surface area contributed by atoms with Gasteiger partial charge in [-0.05, 0) is 0 Å². The third-order valence-electron chi connectivity index (χ3n) is 0.586. The number of halogens is 2. The summed E-state index contributed by atoms with van der Waals surface area (Å²) in [6.07, 6.45) is 10.0. The fourth-order valence-corrected chi connectivity index (χ4v) is 0.340. The van der Waals surface area contributed by atoms with Crippen LogP contribution in [0.2, 0.25) is 0 Å². The minimum absolute atomic E-state index is 0. The van der Waals surface area contributed by atoms with Crippen LogP contribution in [-0.2, 0) is 18.6 Å². The van der Waals surface area contributed by atoms with Crippen molar-refractivity contribution in [1.29, 1.82) is 0 Å². The van der Waals surface area contributed by atoms with Gasteiger partial charge < -0.3 is 35.0 Å². The number of hydrogen-bond donors (Lipinski definition) is 2. The van der Waals surface area contributed by atoms with Gasteiger partial charge in [-0.1, -0.05) is 0 Å². The van der Waals surface area contributed by atoms with Crippen molar-refractivity contribution in [3.05, 3.63) is 24.3 Å². The molecular formula is C7H13Cl2O2V-. The predicted molar refractivity (Wildman–Crippen MR) is 37.9 cm³/mol. The SMILES string of the molecule is CO.CO.[C-]1=CC=CC1.[Cl-].[Cl-].[V+2]. The molecular weight excluding hydrogens is 238 g/mol. The summed E-state index contributed by atoms with van der Waals surface area (Å²) < 4.78 is 0. The number of aliphatic hydroxyl groups excluding tert-OH is 2. The zero-order chi connectivity index (χ0) is 7.54. The Morgan fingerprint density at radius 3 is 1.58 bits per heavy atom. The van der Waals surface area contributed by atoms with Crippen LogP contribution < -0.4 is 24.8 Å². The van der Waals surface area contributed by atoms with Gasteiger partial charge in [0.1, 0.15) is 0 Å². The minimum Gasteiger partial charge on any atom is -1.00 e. The van der Waals surface area contributed by atoms with Gasteiger partial charge >= 0.3 is 18.6 Å². The Morgan fingerprint density at radius 2 is 1.50 bits per heavy atom. The van der Waals surface area contributed by atoms with Gasteiger partial charge in [-0.3, -0.25) is 6.08 Å². The van der Waals surface area contributed by atoms with E-state index in [1.54, 1.807) is 0 Å². The Bertz CT molecular complexity index is 77.5. The second kappa shape index (κ2) is 41.7. The van der Waals surface area contributed by atoms with Gasteiger partial charge in [0.2, 0.25) is 0 Å². The molecule has 0 saturated heterocycles. The predicted octanol–water partition coefficient (Wildman–Crippen LogP) is -5.47. The Balaban J connectivity index is -0.0000000213. The second-order valence-electron chi connectivity index (χ2n) is 1.00. The van der Waals surface area contributed by atoms with Crippen LogP contribution in [0.25, 0.3) is 0 Å². The zero-order valence-electron chi connectivity index (χ0n) is 7.04. The molecule has 2 nitrogen and oxygen atoms in total. The molecule has 0 saturated carbocycles. The summed E-state index contributed by atoms with van der Waals surface area (Å²) in [4.78, 5) is 0. The van der Waals surface area contributed by atoms with Crippen molar-refractivity contribution in [1.82, 2.24) is 0 Å². The third kappa shape index (κ3) is 31.2. The molecule has 1 aliphatic carbocycles. The first kappa shape index (κ1) is 29.4. The molecule has 0 bridgehead atoms. The number of allylic oxidation sites excluding steroid dienone is 4. The molecule has 12 heavy (non-hydrogen) atoms. The Kier molecular flexibility index (Phi) is 102. The fourth-order valence-electron chi connectivity index (χ4n) is 0.340. The summed E-state index contributed by atoms with van der Waals surface area (Å²) in [6.45, 7) is 0. The first-order valence-corrected chi connectivity index (χ1v) is 2.61. The number of rotatable bonds is 0. The maximum atomic E-state index is 7.00. The monoisotopic (exact) mass is 250 g/mol. The minimum atomic E-state index is 0. The Labute approximate surface area is 98.5 Å². The second-order valence-corrected chi connectivity index (χ2v) is 1.00. The molecule has 1 rings (SSSR count). The maximum Gasteiger partial charge on any atom is 2.00 e. The Morgan fingerprint density at radius 1 is 1.08 bits per heavy atom. The van der Waals surface area contributed by atoms with Crippen LogP contribution in [0.4, 0.5) is 0 Å². The molecule has 0 atom stereocenters. The summed E-state index contributed by atoms with van der Waals surface area (Å²) in [7, 11) is 2.00. The van der Waals surface area contributed by atoms with Crippen molar-refractivity contribution in [2.45, 2.75) is 6.42 Å². The summed E-state index contributed by atoms with van der Waals surface area (Å²) in [5, 5.41) is 14.0. The first-order chi connectivity index (χ1) is 4.50. The molecule has 0 aromatic carbocycles. The third-order valence-corrected chi connectivity index (χ3v) is 0.586. The summed E-state index contributed by atoms with van der Waals surface area (Å²) >= 11 is 0. The Hall–Kier alpha value is 0.564. The molecule has 0 fully saturated rings. The van der Waals surface area contributed by atoms with Gasteiger partial charge in [0.15, 0.2) is 0 Å². The van der Waals surface area contributed by atoms with Gasteiger partial charge in [0.05, 0.1) is 0 Å². The molecule has 2 N–H and O–H groups in total. The number of hydrogen-bond acceptors (Lipinski definition) is 2. The van der Waals surface area contributed by atoms with Gasteiger partial charge in [-0.15, -0.1) is 6.42 Å². The molecule has 1 aliphatic rings. The van der Waals surface area contributed by atoms with Crippen molar-refractivity contribution in [2.75, 3.05) is 14.2 Å². The standard InChI is InChI=1S/C5H5.2CH4O.2ClH.V/c1-2-4-5-3-1;2*1-2;;;/h1-3H,4H2;2*2H,1H3;2*1H;/q-1;;;;;+2/p-2. The summed E-state index contributed by atoms with van der Waals surface area (Å²) in [6, 6.07) is 0. The van der Waals surface area contributed by atoms with Crippen molar-refractivity contribution < 1.29 is 53.6 Å². The van der Waals surface area contributed by atoms with Crippen LogP contribution in [0.15, 0.2) is 18.2 Å². The summed E-state index contributed by atoms with van der Waals surface area (Å²) in [5.41, 5.74) is 0. The molecule has 0 spiro atoms. The molecule has 0 aromatic heterocycles. The van der Waals surface area contributed by atoms with Gasteiger partial charge in [-0.2, -0.15) is 6.08 Å². The maximum absolute atomic E-state index is 7.00. The topological polar surface area (TPSA) is 40.5 Å². The first-order valence-electron chi connectivity index (χ1n) is 2.61. The van der Waals surface area contributed by atoms with E-state index in [2.05, 4.69) is 12.2 Å². The van der Waals surface area contributed by atoms with Crippen LogP contribution in [0.1, 0.15) is 6.42 Å². The van der Waals surface area contributed by atoms with Gasteiger partial charge in [-0.25, -0.2) is 12.2 Å². The van der Waals surface area contributed by atoms with Crippen LogP contribution >= 0.6 is 0 Å². The van der Waals surface area contributed by atoms with Crippen molar-refractivity contribution >= 4 is 0 Å². The van der Waals surface area contributed by atoms with Crippen LogP contribution in [0, 0.1) is 6.08 Å². The van der Waals surface area contributed by atoms with E-state index in [9.17, 15) is 0 Å². The van der Waals surface area contributed by atoms with Crippen LogP contribution in [-0.4, -0.2) is 24.4 Å². The van der Waals surface area contributed by atoms with Crippen molar-refractivity contribution in [2.24, 2.45) is 0 Å². The van der Waals surface area contributed by atoms with Gasteiger partial charge in [0.25, 0.3) is 0 Å². The molecule has 0 aromatic rings. The molecule has 0 amide bonds. The van der Waals surface area contributed by atoms with E-state index < -0.39 is 0 Å². The van der Waals surface area contributed by atoms with Crippen LogP contribution in [0.3, 0.4) is 0 Å². The van der Waals surface area contributed by atoms with E-state index in [0.29, 0.717) is 0 Å². The zero-order valence-corrected chi connectivity index (χ0v) is 9.95. The van der Waals surface area contributed by atoms with Gasteiger partial charge in [0, 0.05) is 14.2 Å². The van der Waals surface area contributed by atoms with Crippen molar-refractivity contribution in [3.63, 3.8) is 0 Å². The van der Waals surface area contributed by atoms with E-state index in [-0.39, 0.29) is 43.4 Å². The average Bonchev–Trinajstić information content (AvgIpc) is 2.51. The van der Waals surface area contributed by atoms with E-state index in [4.69, 9.17) is 10.2 Å². The van der Waals surface area contributed by atoms with E-state index >= 15 is 0 Å². The fraction of sp³-hybridized carbons (Fsp3) is 0.429. The van der Waals surface area contributed by atoms with Crippen molar-refractivity contribution in [3.8, 4) is 0 Å². The quantitative estimate of drug-likeness (QED) is 0.422. The molecule has 1 radical (unpaired) electrons. The molecule has 0 aliphatic heterocycles. The normalized spacial score (nSPS) is 8.33. The summed E-state index contributed by atoms with van der Waals surface area (Å²) in [5.74, 6) is 0. The molecule has 5 heteroatoms. The smallest absolute Gasteiger partial charge is 1.00 e. The number of aliphatic hydroxyl groups is 2. The molecule has 0 unspecified atom stereocenters. The van der Waals surface area contributed by atoms with E-state index in [1.807, 2.05) is 12.2 Å².